The van der Waals surface area contributed by atoms with E-state index >= 15 is 0 Å². The number of hydrogen-bond donors (Lipinski definition) is 2. The van der Waals surface area contributed by atoms with Gasteiger partial charge >= 0.3 is 6.18 Å². The number of halogens is 5. The summed E-state index contributed by atoms with van der Waals surface area (Å²) < 4.78 is 97.7. The maximum absolute atomic E-state index is 14.1. The molecule has 3 aliphatic heterocycles. The van der Waals surface area contributed by atoms with Crippen molar-refractivity contribution in [1.82, 2.24) is 23.9 Å². The lowest BCUT2D eigenvalue weighted by Gasteiger charge is -2.32. The number of nitrogens with zero attached hydrogens (tertiary/aromatic N) is 5. The molecule has 1 atom stereocenters. The summed E-state index contributed by atoms with van der Waals surface area (Å²) in [7, 11) is -3.58. The Balaban J connectivity index is 1.39. The number of aliphatic hydroxyl groups excluding tert-OH is 1. The average molecular weight is 709 g/mol. The number of alkyl halides is 5. The Bertz CT molecular complexity index is 1550. The minimum absolute atomic E-state index is 0.0209. The van der Waals surface area contributed by atoms with Crippen molar-refractivity contribution in [3.05, 3.63) is 35.0 Å². The number of likely N-dealkylation sites (tertiary alicyclic amines) is 2. The Hall–Kier alpha value is -2.31. The van der Waals surface area contributed by atoms with Crippen LogP contribution in [-0.4, -0.2) is 113 Å². The molecule has 5 rings (SSSR count). The van der Waals surface area contributed by atoms with Crippen LogP contribution in [0.15, 0.2) is 23.1 Å². The van der Waals surface area contributed by atoms with Gasteiger partial charge in [0.2, 0.25) is 15.9 Å². The van der Waals surface area contributed by atoms with Crippen LogP contribution in [0.4, 0.5) is 22.0 Å². The third-order valence-electron chi connectivity index (χ3n) is 9.11. The third-order valence-corrected chi connectivity index (χ3v) is 11.4. The van der Waals surface area contributed by atoms with E-state index in [1.165, 1.54) is 16.4 Å². The fourth-order valence-corrected chi connectivity index (χ4v) is 8.54. The smallest absolute Gasteiger partial charge is 0.390 e. The Labute approximate surface area is 275 Å². The number of rotatable bonds is 11. The molecule has 3 N–H and O–H groups in total. The molecule has 47 heavy (non-hydrogen) atoms. The Morgan fingerprint density at radius 2 is 1.87 bits per heavy atom. The van der Waals surface area contributed by atoms with Gasteiger partial charge in [-0.3, -0.25) is 14.4 Å². The predicted molar refractivity (Wildman–Crippen MR) is 167 cm³/mol. The van der Waals surface area contributed by atoms with Gasteiger partial charge in [0.15, 0.2) is 0 Å². The summed E-state index contributed by atoms with van der Waals surface area (Å²) in [5, 5.41) is 15.7. The third kappa shape index (κ3) is 9.03. The zero-order chi connectivity index (χ0) is 34.1. The van der Waals surface area contributed by atoms with Crippen molar-refractivity contribution in [1.29, 1.82) is 0 Å². The van der Waals surface area contributed by atoms with Crippen LogP contribution in [0.2, 0.25) is 0 Å². The summed E-state index contributed by atoms with van der Waals surface area (Å²) in [6.07, 6.45) is -2.79. The van der Waals surface area contributed by atoms with Crippen LogP contribution < -0.4 is 5.73 Å². The van der Waals surface area contributed by atoms with E-state index in [0.717, 1.165) is 24.1 Å². The maximum atomic E-state index is 14.1. The van der Waals surface area contributed by atoms with E-state index in [1.807, 2.05) is 4.90 Å². The fourth-order valence-electron chi connectivity index (χ4n) is 6.63. The standard InChI is InChI=1S/C30H41F5N6O4S2/c1-47(44,45)40-12-7-25-23(18-40)27(37-41(25)17-22(42)16-38-10-5-20(6-11-38)28(36)43)21-3-4-24(30(33,34)35)26(15-21)46-14-13-39-9-2-8-29(31,32)19-39/h3-4,15,20,22,42H,2,5-14,16-19H2,1H3,(H2,36,43). The van der Waals surface area contributed by atoms with Crippen LogP contribution in [0.1, 0.15) is 42.5 Å². The Morgan fingerprint density at radius 3 is 2.51 bits per heavy atom. The van der Waals surface area contributed by atoms with Crippen molar-refractivity contribution in [2.75, 3.05) is 57.8 Å². The number of carbonyl (C=O) groups is 1. The summed E-state index contributed by atoms with van der Waals surface area (Å²) in [6.45, 7) is 2.01. The zero-order valence-electron chi connectivity index (χ0n) is 26.2. The van der Waals surface area contributed by atoms with Gasteiger partial charge in [0.1, 0.15) is 0 Å². The Morgan fingerprint density at radius 1 is 1.15 bits per heavy atom. The van der Waals surface area contributed by atoms with Crippen molar-refractivity contribution in [2.24, 2.45) is 11.7 Å². The molecule has 0 aliphatic carbocycles. The SMILES string of the molecule is CS(=O)(=O)N1CCc2c(c(-c3ccc(C(F)(F)F)c(SCCN4CCCC(F)(F)C4)c3)nn2CC(O)CN2CCC(C(N)=O)CC2)C1. The van der Waals surface area contributed by atoms with Gasteiger partial charge in [-0.1, -0.05) is 6.07 Å². The summed E-state index contributed by atoms with van der Waals surface area (Å²) in [5.41, 5.74) is 6.52. The largest absolute Gasteiger partial charge is 0.417 e. The highest BCUT2D eigenvalue weighted by Gasteiger charge is 2.37. The summed E-state index contributed by atoms with van der Waals surface area (Å²) in [6, 6.07) is 3.66. The summed E-state index contributed by atoms with van der Waals surface area (Å²) in [4.78, 5) is 15.0. The number of primary amides is 1. The van der Waals surface area contributed by atoms with Gasteiger partial charge in [0, 0.05) is 72.4 Å². The lowest BCUT2D eigenvalue weighted by Crippen LogP contribution is -2.43. The number of aromatic nitrogens is 2. The van der Waals surface area contributed by atoms with Gasteiger partial charge in [-0.2, -0.15) is 22.6 Å². The minimum Gasteiger partial charge on any atom is -0.390 e. The molecule has 1 aromatic heterocycles. The van der Waals surface area contributed by atoms with Crippen molar-refractivity contribution in [3.63, 3.8) is 0 Å². The first-order valence-corrected chi connectivity index (χ1v) is 18.5. The molecule has 0 saturated carbocycles. The van der Waals surface area contributed by atoms with Crippen molar-refractivity contribution < 1.29 is 40.3 Å². The molecule has 3 aliphatic rings. The van der Waals surface area contributed by atoms with Crippen LogP contribution in [-0.2, 0) is 40.5 Å². The first-order chi connectivity index (χ1) is 22.0. The quantitative estimate of drug-likeness (QED) is 0.270. The first-order valence-electron chi connectivity index (χ1n) is 15.7. The number of amides is 1. The molecule has 1 aromatic carbocycles. The molecule has 0 bridgehead atoms. The number of fused-ring (bicyclic) bond motifs is 1. The van der Waals surface area contributed by atoms with Crippen molar-refractivity contribution in [3.8, 4) is 11.3 Å². The van der Waals surface area contributed by atoms with Gasteiger partial charge in [-0.05, 0) is 51.0 Å². The van der Waals surface area contributed by atoms with Crippen LogP contribution in [0.25, 0.3) is 11.3 Å². The second-order valence-electron chi connectivity index (χ2n) is 12.7. The molecule has 10 nitrogen and oxygen atoms in total. The molecule has 17 heteroatoms. The topological polar surface area (TPSA) is 125 Å². The number of hydrogen-bond acceptors (Lipinski definition) is 8. The van der Waals surface area contributed by atoms with E-state index in [1.54, 1.807) is 9.58 Å². The van der Waals surface area contributed by atoms with Crippen LogP contribution in [0, 0.1) is 5.92 Å². The number of aliphatic hydroxyl groups is 1. The second-order valence-corrected chi connectivity index (χ2v) is 15.8. The lowest BCUT2D eigenvalue weighted by atomic mass is 9.96. The van der Waals surface area contributed by atoms with Crippen LogP contribution in [0.3, 0.4) is 0 Å². The molecule has 262 valence electrons. The van der Waals surface area contributed by atoms with E-state index in [0.29, 0.717) is 74.4 Å². The highest BCUT2D eigenvalue weighted by Crippen LogP contribution is 2.40. The number of piperidine rings is 2. The normalized spacial score (nSPS) is 21.1. The van der Waals surface area contributed by atoms with Gasteiger partial charge < -0.3 is 15.7 Å². The van der Waals surface area contributed by atoms with Crippen molar-refractivity contribution in [2.45, 2.75) is 68.3 Å². The van der Waals surface area contributed by atoms with Crippen LogP contribution in [0.5, 0.6) is 0 Å². The van der Waals surface area contributed by atoms with Gasteiger partial charge in [-0.25, -0.2) is 17.2 Å². The average Bonchev–Trinajstić information content (AvgIpc) is 3.33. The number of thioether (sulfide) groups is 1. The number of nitrogens with two attached hydrogens (primary N) is 1. The second kappa shape index (κ2) is 14.3. The van der Waals surface area contributed by atoms with Crippen LogP contribution >= 0.6 is 11.8 Å². The molecule has 0 spiro atoms. The predicted octanol–water partition coefficient (Wildman–Crippen LogP) is 3.27. The molecule has 4 heterocycles. The zero-order valence-corrected chi connectivity index (χ0v) is 27.8. The molecule has 2 aromatic rings. The number of β-amino-alcohol motifs (C(OH)–C–C–N with tert-alkyl or cyclic N) is 1. The van der Waals surface area contributed by atoms with Crippen molar-refractivity contribution >= 4 is 27.7 Å². The number of sulfonamides is 1. The first kappa shape index (κ1) is 36.0. The molecule has 1 unspecified atom stereocenters. The molecular weight excluding hydrogens is 667 g/mol. The van der Waals surface area contributed by atoms with E-state index in [-0.39, 0.29) is 55.1 Å². The van der Waals surface area contributed by atoms with Gasteiger partial charge in [0.25, 0.3) is 5.92 Å². The molecule has 2 fully saturated rings. The van der Waals surface area contributed by atoms with E-state index in [9.17, 15) is 40.3 Å². The molecular formula is C30H41F5N6O4S2. The fraction of sp³-hybridized carbons (Fsp3) is 0.667. The van der Waals surface area contributed by atoms with Gasteiger partial charge in [0.05, 0.1) is 36.7 Å². The number of benzene rings is 1. The summed E-state index contributed by atoms with van der Waals surface area (Å²) >= 11 is 0.936. The van der Waals surface area contributed by atoms with E-state index in [2.05, 4.69) is 0 Å². The Kier molecular flexibility index (Phi) is 10.9. The summed E-state index contributed by atoms with van der Waals surface area (Å²) in [5.74, 6) is -3.17. The molecule has 0 radical (unpaired) electrons. The maximum Gasteiger partial charge on any atom is 0.417 e. The van der Waals surface area contributed by atoms with E-state index < -0.39 is 40.3 Å². The molecule has 1 amide bonds. The highest BCUT2D eigenvalue weighted by molar-refractivity contribution is 7.99. The monoisotopic (exact) mass is 708 g/mol. The highest BCUT2D eigenvalue weighted by atomic mass is 32.2. The number of carbonyl (C=O) groups excluding carboxylic acids is 1. The molecule has 2 saturated heterocycles. The van der Waals surface area contributed by atoms with Gasteiger partial charge in [-0.15, -0.1) is 11.8 Å². The lowest BCUT2D eigenvalue weighted by molar-refractivity contribution is -0.139. The van der Waals surface area contributed by atoms with E-state index in [4.69, 9.17) is 10.8 Å². The minimum atomic E-state index is -4.65.